The minimum atomic E-state index is -1.19. The molecule has 5 heteroatoms. The second-order valence-electron chi connectivity index (χ2n) is 3.38. The minimum absolute atomic E-state index is 0.0589. The van der Waals surface area contributed by atoms with Crippen molar-refractivity contribution in [1.29, 1.82) is 0 Å². The summed E-state index contributed by atoms with van der Waals surface area (Å²) in [7, 11) is 0. The highest BCUT2D eigenvalue weighted by Gasteiger charge is 2.14. The Morgan fingerprint density at radius 3 is 2.81 bits per heavy atom. The predicted molar refractivity (Wildman–Crippen MR) is 58.4 cm³/mol. The summed E-state index contributed by atoms with van der Waals surface area (Å²) in [4.78, 5) is 14.7. The first kappa shape index (κ1) is 10.8. The first-order chi connectivity index (χ1) is 7.50. The first-order valence-corrected chi connectivity index (χ1v) is 4.87. The molecule has 1 aromatic heterocycles. The van der Waals surface area contributed by atoms with Gasteiger partial charge in [-0.25, -0.2) is 14.2 Å². The van der Waals surface area contributed by atoms with Crippen LogP contribution in [-0.4, -0.2) is 16.1 Å². The van der Waals surface area contributed by atoms with E-state index in [1.807, 2.05) is 0 Å². The number of hydrogen-bond donors (Lipinski definition) is 1. The molecule has 16 heavy (non-hydrogen) atoms. The number of benzene rings is 1. The third-order valence-corrected chi connectivity index (χ3v) is 2.58. The van der Waals surface area contributed by atoms with Crippen LogP contribution >= 0.6 is 11.6 Å². The van der Waals surface area contributed by atoms with E-state index >= 15 is 0 Å². The van der Waals surface area contributed by atoms with Gasteiger partial charge in [0.25, 0.3) is 0 Å². The number of rotatable bonds is 1. The van der Waals surface area contributed by atoms with Gasteiger partial charge in [-0.15, -0.1) is 0 Å². The molecule has 0 fully saturated rings. The molecule has 0 unspecified atom stereocenters. The molecular formula is C11H7ClFNO2. The lowest BCUT2D eigenvalue weighted by Crippen LogP contribution is -2.01. The number of halogens is 2. The summed E-state index contributed by atoms with van der Waals surface area (Å²) < 4.78 is 13.5. The third-order valence-electron chi connectivity index (χ3n) is 2.28. The van der Waals surface area contributed by atoms with Gasteiger partial charge < -0.3 is 5.11 Å². The second kappa shape index (κ2) is 3.72. The van der Waals surface area contributed by atoms with Gasteiger partial charge in [0.05, 0.1) is 15.9 Å². The zero-order chi connectivity index (χ0) is 11.9. The highest BCUT2D eigenvalue weighted by Crippen LogP contribution is 2.27. The van der Waals surface area contributed by atoms with Crippen molar-refractivity contribution in [2.45, 2.75) is 6.92 Å². The number of carbonyl (C=O) groups is 1. The molecule has 0 bridgehead atoms. The molecule has 1 aromatic carbocycles. The smallest absolute Gasteiger partial charge is 0.354 e. The Kier molecular flexibility index (Phi) is 2.52. The topological polar surface area (TPSA) is 50.2 Å². The molecule has 0 amide bonds. The Labute approximate surface area is 95.5 Å². The van der Waals surface area contributed by atoms with E-state index in [4.69, 9.17) is 16.7 Å². The average Bonchev–Trinajstić information content (AvgIpc) is 2.22. The van der Waals surface area contributed by atoms with Crippen molar-refractivity contribution < 1.29 is 14.3 Å². The Balaban J connectivity index is 2.92. The van der Waals surface area contributed by atoms with Crippen LogP contribution in [0.3, 0.4) is 0 Å². The molecule has 0 aliphatic carbocycles. The quantitative estimate of drug-likeness (QED) is 0.832. The van der Waals surface area contributed by atoms with Gasteiger partial charge in [-0.3, -0.25) is 0 Å². The maximum absolute atomic E-state index is 13.5. The minimum Gasteiger partial charge on any atom is -0.477 e. The van der Waals surface area contributed by atoms with E-state index in [9.17, 15) is 9.18 Å². The van der Waals surface area contributed by atoms with Crippen molar-refractivity contribution in [2.75, 3.05) is 0 Å². The lowest BCUT2D eigenvalue weighted by Gasteiger charge is -2.05. The standard InChI is InChI=1S/C11H7ClFNO2/c1-5-2-3-7(13)9-6(12)4-8(11(15)16)14-10(5)9/h2-4H,1H3,(H,15,16). The van der Waals surface area contributed by atoms with Crippen molar-refractivity contribution in [3.8, 4) is 0 Å². The highest BCUT2D eigenvalue weighted by atomic mass is 35.5. The van der Waals surface area contributed by atoms with Gasteiger partial charge in [0.15, 0.2) is 0 Å². The molecular weight excluding hydrogens is 233 g/mol. The molecule has 0 radical (unpaired) electrons. The molecule has 82 valence electrons. The van der Waals surface area contributed by atoms with Crippen molar-refractivity contribution >= 4 is 28.5 Å². The monoisotopic (exact) mass is 239 g/mol. The number of nitrogens with zero attached hydrogens (tertiary/aromatic N) is 1. The summed E-state index contributed by atoms with van der Waals surface area (Å²) in [5.41, 5.74) is 0.775. The van der Waals surface area contributed by atoms with Crippen LogP contribution in [0.25, 0.3) is 10.9 Å². The van der Waals surface area contributed by atoms with Crippen molar-refractivity contribution in [2.24, 2.45) is 0 Å². The average molecular weight is 240 g/mol. The number of fused-ring (bicyclic) bond motifs is 1. The van der Waals surface area contributed by atoms with E-state index in [1.54, 1.807) is 6.92 Å². The fraction of sp³-hybridized carbons (Fsp3) is 0.0909. The van der Waals surface area contributed by atoms with Crippen molar-refractivity contribution in [3.63, 3.8) is 0 Å². The van der Waals surface area contributed by atoms with Crippen LogP contribution in [0.1, 0.15) is 16.1 Å². The highest BCUT2D eigenvalue weighted by molar-refractivity contribution is 6.35. The fourth-order valence-corrected chi connectivity index (χ4v) is 1.78. The summed E-state index contributed by atoms with van der Waals surface area (Å²) in [5.74, 6) is -1.69. The lowest BCUT2D eigenvalue weighted by atomic mass is 10.1. The van der Waals surface area contributed by atoms with Gasteiger partial charge in [-0.05, 0) is 24.6 Å². The van der Waals surface area contributed by atoms with Gasteiger partial charge in [-0.1, -0.05) is 17.7 Å². The Bertz CT molecular complexity index is 598. The van der Waals surface area contributed by atoms with E-state index in [2.05, 4.69) is 4.98 Å². The molecule has 0 aliphatic rings. The van der Waals surface area contributed by atoms with Crippen LogP contribution in [0.4, 0.5) is 4.39 Å². The molecule has 0 atom stereocenters. The van der Waals surface area contributed by atoms with Gasteiger partial charge in [-0.2, -0.15) is 0 Å². The summed E-state index contributed by atoms with van der Waals surface area (Å²) in [6.07, 6.45) is 0. The number of carboxylic acids is 1. The van der Waals surface area contributed by atoms with Crippen LogP contribution in [0.2, 0.25) is 5.02 Å². The van der Waals surface area contributed by atoms with Crippen LogP contribution in [0.15, 0.2) is 18.2 Å². The largest absolute Gasteiger partial charge is 0.477 e. The number of aromatic nitrogens is 1. The van der Waals surface area contributed by atoms with Crippen LogP contribution in [0.5, 0.6) is 0 Å². The molecule has 1 heterocycles. The molecule has 0 saturated carbocycles. The molecule has 0 saturated heterocycles. The van der Waals surface area contributed by atoms with E-state index < -0.39 is 11.8 Å². The number of aromatic carboxylic acids is 1. The summed E-state index contributed by atoms with van der Waals surface area (Å²) in [6.45, 7) is 1.72. The molecule has 3 nitrogen and oxygen atoms in total. The number of pyridine rings is 1. The molecule has 1 N–H and O–H groups in total. The second-order valence-corrected chi connectivity index (χ2v) is 3.79. The number of aryl methyl sites for hydroxylation is 1. The maximum atomic E-state index is 13.5. The summed E-state index contributed by atoms with van der Waals surface area (Å²) in [5, 5.41) is 9.03. The van der Waals surface area contributed by atoms with E-state index in [0.29, 0.717) is 5.56 Å². The summed E-state index contributed by atoms with van der Waals surface area (Å²) in [6, 6.07) is 3.97. The third kappa shape index (κ3) is 1.61. The SMILES string of the molecule is Cc1ccc(F)c2c(Cl)cc(C(=O)O)nc12. The van der Waals surface area contributed by atoms with Crippen molar-refractivity contribution in [3.05, 3.63) is 40.3 Å². The molecule has 0 aliphatic heterocycles. The van der Waals surface area contributed by atoms with E-state index in [1.165, 1.54) is 12.1 Å². The van der Waals surface area contributed by atoms with Crippen LogP contribution < -0.4 is 0 Å². The molecule has 0 spiro atoms. The van der Waals surface area contributed by atoms with Gasteiger partial charge >= 0.3 is 5.97 Å². The fourth-order valence-electron chi connectivity index (χ4n) is 1.50. The Morgan fingerprint density at radius 2 is 2.19 bits per heavy atom. The van der Waals surface area contributed by atoms with E-state index in [-0.39, 0.29) is 21.6 Å². The summed E-state index contributed by atoms with van der Waals surface area (Å²) >= 11 is 5.84. The Hall–Kier alpha value is -1.68. The molecule has 2 rings (SSSR count). The van der Waals surface area contributed by atoms with Crippen LogP contribution in [-0.2, 0) is 0 Å². The zero-order valence-electron chi connectivity index (χ0n) is 8.29. The molecule has 2 aromatic rings. The van der Waals surface area contributed by atoms with Gasteiger partial charge in [0, 0.05) is 0 Å². The number of carboxylic acid groups (broad SMARTS) is 1. The van der Waals surface area contributed by atoms with Crippen LogP contribution in [0, 0.1) is 12.7 Å². The predicted octanol–water partition coefficient (Wildman–Crippen LogP) is 3.03. The maximum Gasteiger partial charge on any atom is 0.354 e. The van der Waals surface area contributed by atoms with Crippen molar-refractivity contribution in [1.82, 2.24) is 4.98 Å². The number of hydrogen-bond acceptors (Lipinski definition) is 2. The van der Waals surface area contributed by atoms with Gasteiger partial charge in [0.2, 0.25) is 0 Å². The van der Waals surface area contributed by atoms with Gasteiger partial charge in [0.1, 0.15) is 11.5 Å². The van der Waals surface area contributed by atoms with E-state index in [0.717, 1.165) is 6.07 Å². The lowest BCUT2D eigenvalue weighted by molar-refractivity contribution is 0.0691. The zero-order valence-corrected chi connectivity index (χ0v) is 9.05. The first-order valence-electron chi connectivity index (χ1n) is 4.49. The normalized spacial score (nSPS) is 10.7. The Morgan fingerprint density at radius 1 is 1.50 bits per heavy atom.